The first kappa shape index (κ1) is 28.6. The molecule has 1 amide bonds. The number of nitrogens with one attached hydrogen (secondary N) is 1. The molecule has 4 rings (SSSR count). The topological polar surface area (TPSA) is 99.2 Å². The summed E-state index contributed by atoms with van der Waals surface area (Å²) >= 11 is 0. The average molecular weight is 552 g/mol. The van der Waals surface area contributed by atoms with Gasteiger partial charge in [0.2, 0.25) is 10.0 Å². The van der Waals surface area contributed by atoms with Gasteiger partial charge < -0.3 is 14.7 Å². The first-order valence-electron chi connectivity index (χ1n) is 13.1. The highest BCUT2D eigenvalue weighted by Gasteiger charge is 2.33. The number of anilines is 1. The number of hydrogen-bond acceptors (Lipinski definition) is 6. The molecule has 208 valence electrons. The molecule has 0 saturated heterocycles. The van der Waals surface area contributed by atoms with Crippen LogP contribution in [0.25, 0.3) is 11.1 Å². The number of amides is 1. The molecule has 1 heterocycles. The molecule has 3 aromatic carbocycles. The second-order valence-corrected chi connectivity index (χ2v) is 12.2. The van der Waals surface area contributed by atoms with E-state index >= 15 is 0 Å². The van der Waals surface area contributed by atoms with Crippen LogP contribution in [0.5, 0.6) is 5.75 Å². The molecular weight excluding hydrogens is 514 g/mol. The summed E-state index contributed by atoms with van der Waals surface area (Å²) in [7, 11) is -1.48. The van der Waals surface area contributed by atoms with E-state index in [9.17, 15) is 18.3 Å². The zero-order valence-corrected chi connectivity index (χ0v) is 23.7. The van der Waals surface area contributed by atoms with Crippen molar-refractivity contribution in [2.75, 3.05) is 37.7 Å². The number of likely N-dealkylation sites (N-methyl/N-ethyl adjacent to an activating group) is 1. The number of carbonyl (C=O) groups excluding carboxylic acids is 1. The summed E-state index contributed by atoms with van der Waals surface area (Å²) in [5.41, 5.74) is 4.08. The van der Waals surface area contributed by atoms with Crippen LogP contribution >= 0.6 is 0 Å². The van der Waals surface area contributed by atoms with Crippen molar-refractivity contribution < 1.29 is 23.1 Å². The maximum Gasteiger partial charge on any atom is 0.258 e. The van der Waals surface area contributed by atoms with Crippen molar-refractivity contribution >= 4 is 21.6 Å². The molecule has 0 spiro atoms. The van der Waals surface area contributed by atoms with Crippen LogP contribution in [0.2, 0.25) is 0 Å². The van der Waals surface area contributed by atoms with Gasteiger partial charge >= 0.3 is 0 Å². The van der Waals surface area contributed by atoms with Crippen molar-refractivity contribution in [3.8, 4) is 16.9 Å². The molecule has 0 unspecified atom stereocenters. The van der Waals surface area contributed by atoms with E-state index in [1.165, 1.54) is 22.8 Å². The zero-order valence-electron chi connectivity index (χ0n) is 22.9. The van der Waals surface area contributed by atoms with Crippen LogP contribution in [0.15, 0.2) is 72.8 Å². The minimum Gasteiger partial charge on any atom is -0.488 e. The lowest BCUT2D eigenvalue weighted by Crippen LogP contribution is -2.49. The summed E-state index contributed by atoms with van der Waals surface area (Å²) in [5, 5.41) is 9.85. The number of nitrogens with zero attached hydrogens (tertiary/aromatic N) is 2. The van der Waals surface area contributed by atoms with Gasteiger partial charge in [-0.15, -0.1) is 0 Å². The molecule has 3 aromatic rings. The van der Waals surface area contributed by atoms with Gasteiger partial charge in [-0.3, -0.25) is 14.4 Å². The highest BCUT2D eigenvalue weighted by atomic mass is 32.2. The average Bonchev–Trinajstić information content (AvgIpc) is 2.90. The third-order valence-electron chi connectivity index (χ3n) is 6.97. The second-order valence-electron chi connectivity index (χ2n) is 10.5. The largest absolute Gasteiger partial charge is 0.488 e. The van der Waals surface area contributed by atoms with Gasteiger partial charge in [0.25, 0.3) is 5.91 Å². The van der Waals surface area contributed by atoms with Crippen LogP contribution in [0.1, 0.15) is 29.8 Å². The normalized spacial score (nSPS) is 18.6. The third-order valence-corrected chi connectivity index (χ3v) is 7.58. The van der Waals surface area contributed by atoms with Gasteiger partial charge in [0.1, 0.15) is 11.9 Å². The molecule has 1 aliphatic rings. The standard InChI is InChI=1S/C30H37N3O5S/c1-21-17-33(22(2)20-34)30(35)27-16-26(31-39(4,36)37)14-15-28(27)38-29(21)19-32(3)18-23-10-12-25(13-11-23)24-8-6-5-7-9-24/h5-16,21-22,29,31,34H,17-20H2,1-4H3/t21-,22-,29-/m0/s1. The number of ether oxygens (including phenoxy) is 1. The fourth-order valence-corrected chi connectivity index (χ4v) is 5.39. The molecule has 0 radical (unpaired) electrons. The molecule has 3 atom stereocenters. The van der Waals surface area contributed by atoms with Crippen molar-refractivity contribution in [3.05, 3.63) is 83.9 Å². The Kier molecular flexibility index (Phi) is 8.94. The van der Waals surface area contributed by atoms with E-state index in [1.807, 2.05) is 32.2 Å². The Morgan fingerprint density at radius 3 is 2.38 bits per heavy atom. The summed E-state index contributed by atoms with van der Waals surface area (Å²) in [5.74, 6) is 0.0695. The number of carbonyl (C=O) groups is 1. The van der Waals surface area contributed by atoms with Crippen LogP contribution < -0.4 is 9.46 Å². The van der Waals surface area contributed by atoms with Gasteiger partial charge in [0.05, 0.1) is 24.5 Å². The smallest absolute Gasteiger partial charge is 0.258 e. The lowest BCUT2D eigenvalue weighted by Gasteiger charge is -2.38. The monoisotopic (exact) mass is 551 g/mol. The Morgan fingerprint density at radius 1 is 1.08 bits per heavy atom. The van der Waals surface area contributed by atoms with E-state index < -0.39 is 16.1 Å². The van der Waals surface area contributed by atoms with Crippen molar-refractivity contribution in [3.63, 3.8) is 0 Å². The Labute approximate surface area is 231 Å². The Hall–Kier alpha value is -3.40. The fourth-order valence-electron chi connectivity index (χ4n) is 4.83. The number of benzene rings is 3. The maximum atomic E-state index is 13.5. The molecule has 0 bridgehead atoms. The summed E-state index contributed by atoms with van der Waals surface area (Å²) in [6.45, 7) is 5.39. The number of rotatable bonds is 9. The molecule has 8 nitrogen and oxygen atoms in total. The maximum absolute atomic E-state index is 13.5. The van der Waals surface area contributed by atoms with E-state index in [-0.39, 0.29) is 35.8 Å². The summed E-state index contributed by atoms with van der Waals surface area (Å²) < 4.78 is 32.4. The van der Waals surface area contributed by atoms with Crippen molar-refractivity contribution in [1.29, 1.82) is 0 Å². The molecule has 1 aliphatic heterocycles. The Balaban J connectivity index is 1.54. The van der Waals surface area contributed by atoms with Gasteiger partial charge in [-0.1, -0.05) is 61.5 Å². The first-order chi connectivity index (χ1) is 18.5. The Bertz CT molecular complexity index is 1380. The molecule has 0 saturated carbocycles. The van der Waals surface area contributed by atoms with Crippen molar-refractivity contribution in [1.82, 2.24) is 9.80 Å². The van der Waals surface area contributed by atoms with Crippen molar-refractivity contribution in [2.45, 2.75) is 32.5 Å². The molecule has 9 heteroatoms. The predicted octanol–water partition coefficient (Wildman–Crippen LogP) is 4.08. The number of aliphatic hydroxyl groups excluding tert-OH is 1. The third kappa shape index (κ3) is 7.38. The second kappa shape index (κ2) is 12.2. The molecule has 2 N–H and O–H groups in total. The molecule has 0 fully saturated rings. The lowest BCUT2D eigenvalue weighted by atomic mass is 9.99. The lowest BCUT2D eigenvalue weighted by molar-refractivity contribution is 0.0341. The summed E-state index contributed by atoms with van der Waals surface area (Å²) in [4.78, 5) is 17.3. The van der Waals surface area contributed by atoms with E-state index in [4.69, 9.17) is 4.74 Å². The van der Waals surface area contributed by atoms with Gasteiger partial charge in [0, 0.05) is 31.2 Å². The zero-order chi connectivity index (χ0) is 28.2. The molecular formula is C30H37N3O5S. The quantitative estimate of drug-likeness (QED) is 0.416. The fraction of sp³-hybridized carbons (Fsp3) is 0.367. The summed E-state index contributed by atoms with van der Waals surface area (Å²) in [6, 6.07) is 23.1. The van der Waals surface area contributed by atoms with E-state index in [2.05, 4.69) is 46.0 Å². The number of sulfonamides is 1. The summed E-state index contributed by atoms with van der Waals surface area (Å²) in [6.07, 6.45) is 0.817. The number of fused-ring (bicyclic) bond motifs is 1. The van der Waals surface area contributed by atoms with Crippen LogP contribution in [0.4, 0.5) is 5.69 Å². The number of hydrogen-bond donors (Lipinski definition) is 2. The molecule has 0 aliphatic carbocycles. The van der Waals surface area contributed by atoms with Crippen LogP contribution in [0, 0.1) is 5.92 Å². The SMILES string of the molecule is C[C@H]1CN([C@@H](C)CO)C(=O)c2cc(NS(C)(=O)=O)ccc2O[C@H]1CN(C)Cc1ccc(-c2ccccc2)cc1. The van der Waals surface area contributed by atoms with Gasteiger partial charge in [-0.25, -0.2) is 8.42 Å². The van der Waals surface area contributed by atoms with Gasteiger partial charge in [-0.2, -0.15) is 0 Å². The van der Waals surface area contributed by atoms with Crippen molar-refractivity contribution in [2.24, 2.45) is 5.92 Å². The highest BCUT2D eigenvalue weighted by Crippen LogP contribution is 2.31. The van der Waals surface area contributed by atoms with Gasteiger partial charge in [-0.05, 0) is 48.9 Å². The Morgan fingerprint density at radius 2 is 1.74 bits per heavy atom. The van der Waals surface area contributed by atoms with E-state index in [1.54, 1.807) is 24.0 Å². The first-order valence-corrected chi connectivity index (χ1v) is 15.0. The van der Waals surface area contributed by atoms with Crippen LogP contribution in [-0.2, 0) is 16.6 Å². The van der Waals surface area contributed by atoms with Crippen LogP contribution in [0.3, 0.4) is 0 Å². The number of aliphatic hydroxyl groups is 1. The van der Waals surface area contributed by atoms with E-state index in [0.717, 1.165) is 12.8 Å². The molecule has 0 aromatic heterocycles. The molecule has 39 heavy (non-hydrogen) atoms. The van der Waals surface area contributed by atoms with Crippen LogP contribution in [-0.4, -0.2) is 74.4 Å². The minimum atomic E-state index is -3.52. The predicted molar refractivity (Wildman–Crippen MR) is 154 cm³/mol. The van der Waals surface area contributed by atoms with E-state index in [0.29, 0.717) is 18.8 Å². The highest BCUT2D eigenvalue weighted by molar-refractivity contribution is 7.92. The minimum absolute atomic E-state index is 0.0205. The van der Waals surface area contributed by atoms with Gasteiger partial charge in [0.15, 0.2) is 0 Å².